The lowest BCUT2D eigenvalue weighted by molar-refractivity contribution is 0.0959. The van der Waals surface area contributed by atoms with E-state index in [0.29, 0.717) is 0 Å². The Hall–Kier alpha value is -1.41. The SMILES string of the molecule is N#CCNC(=O)c1sccc1F. The Morgan fingerprint density at radius 3 is 3.08 bits per heavy atom. The van der Waals surface area contributed by atoms with Crippen molar-refractivity contribution in [2.24, 2.45) is 0 Å². The van der Waals surface area contributed by atoms with E-state index in [0.717, 1.165) is 11.3 Å². The maximum absolute atomic E-state index is 12.7. The van der Waals surface area contributed by atoms with E-state index >= 15 is 0 Å². The summed E-state index contributed by atoms with van der Waals surface area (Å²) in [7, 11) is 0. The predicted molar refractivity (Wildman–Crippen MR) is 42.2 cm³/mol. The molecule has 0 saturated carbocycles. The Morgan fingerprint density at radius 1 is 1.83 bits per heavy atom. The van der Waals surface area contributed by atoms with E-state index in [1.54, 1.807) is 6.07 Å². The van der Waals surface area contributed by atoms with Gasteiger partial charge in [-0.15, -0.1) is 11.3 Å². The van der Waals surface area contributed by atoms with E-state index in [1.165, 1.54) is 11.4 Å². The maximum Gasteiger partial charge on any atom is 0.265 e. The molecule has 1 aromatic heterocycles. The molecule has 1 N–H and O–H groups in total. The molecule has 1 heterocycles. The molecule has 3 nitrogen and oxygen atoms in total. The van der Waals surface area contributed by atoms with Crippen LogP contribution in [0, 0.1) is 17.1 Å². The first kappa shape index (κ1) is 8.68. The molecular formula is C7H5FN2OS. The van der Waals surface area contributed by atoms with Crippen LogP contribution in [0.3, 0.4) is 0 Å². The standard InChI is InChI=1S/C7H5FN2OS/c8-5-1-4-12-6(5)7(11)10-3-2-9/h1,4H,3H2,(H,10,11). The minimum atomic E-state index is -0.546. The number of carbonyl (C=O) groups excluding carboxylic acids is 1. The van der Waals surface area contributed by atoms with Crippen LogP contribution in [0.2, 0.25) is 0 Å². The zero-order chi connectivity index (χ0) is 8.97. The minimum Gasteiger partial charge on any atom is -0.338 e. The Morgan fingerprint density at radius 2 is 2.58 bits per heavy atom. The fourth-order valence-electron chi connectivity index (χ4n) is 0.656. The molecule has 5 heteroatoms. The van der Waals surface area contributed by atoms with Crippen molar-refractivity contribution in [3.8, 4) is 6.07 Å². The molecule has 1 aromatic rings. The quantitative estimate of drug-likeness (QED) is 0.701. The highest BCUT2D eigenvalue weighted by molar-refractivity contribution is 7.12. The summed E-state index contributed by atoms with van der Waals surface area (Å²) in [4.78, 5) is 11.0. The molecule has 0 spiro atoms. The Kier molecular flexibility index (Phi) is 2.77. The number of nitriles is 1. The van der Waals surface area contributed by atoms with Crippen LogP contribution in [0.5, 0.6) is 0 Å². The first-order valence-electron chi connectivity index (χ1n) is 3.14. The minimum absolute atomic E-state index is 0.0188. The highest BCUT2D eigenvalue weighted by Crippen LogP contribution is 2.13. The van der Waals surface area contributed by atoms with Crippen LogP contribution < -0.4 is 5.32 Å². The molecule has 0 aliphatic heterocycles. The number of hydrogen-bond donors (Lipinski definition) is 1. The number of hydrogen-bond acceptors (Lipinski definition) is 3. The molecule has 12 heavy (non-hydrogen) atoms. The first-order valence-corrected chi connectivity index (χ1v) is 4.02. The molecule has 0 aromatic carbocycles. The van der Waals surface area contributed by atoms with Crippen molar-refractivity contribution in [3.05, 3.63) is 22.1 Å². The van der Waals surface area contributed by atoms with Gasteiger partial charge in [0.1, 0.15) is 17.2 Å². The van der Waals surface area contributed by atoms with Gasteiger partial charge in [0, 0.05) is 0 Å². The van der Waals surface area contributed by atoms with Crippen molar-refractivity contribution >= 4 is 17.2 Å². The van der Waals surface area contributed by atoms with Crippen molar-refractivity contribution in [1.29, 1.82) is 5.26 Å². The molecule has 0 bridgehead atoms. The van der Waals surface area contributed by atoms with Gasteiger partial charge >= 0.3 is 0 Å². The predicted octanol–water partition coefficient (Wildman–Crippen LogP) is 1.14. The topological polar surface area (TPSA) is 52.9 Å². The summed E-state index contributed by atoms with van der Waals surface area (Å²) in [5.41, 5.74) is 0. The third kappa shape index (κ3) is 1.80. The molecule has 0 saturated heterocycles. The van der Waals surface area contributed by atoms with Gasteiger partial charge in [0.15, 0.2) is 0 Å². The smallest absolute Gasteiger partial charge is 0.265 e. The third-order valence-corrected chi connectivity index (χ3v) is 2.04. The lowest BCUT2D eigenvalue weighted by Crippen LogP contribution is -2.23. The fourth-order valence-corrected chi connectivity index (χ4v) is 1.34. The molecule has 0 unspecified atom stereocenters. The summed E-state index contributed by atoms with van der Waals surface area (Å²) in [5, 5.41) is 11.9. The van der Waals surface area contributed by atoms with Crippen molar-refractivity contribution in [2.75, 3.05) is 6.54 Å². The molecule has 0 atom stereocenters. The molecule has 62 valence electrons. The van der Waals surface area contributed by atoms with Gasteiger partial charge in [-0.3, -0.25) is 4.79 Å². The van der Waals surface area contributed by atoms with E-state index < -0.39 is 11.7 Å². The summed E-state index contributed by atoms with van der Waals surface area (Å²) in [5.74, 6) is -1.08. The van der Waals surface area contributed by atoms with Gasteiger partial charge in [0.2, 0.25) is 0 Å². The van der Waals surface area contributed by atoms with Gasteiger partial charge in [-0.2, -0.15) is 5.26 Å². The lowest BCUT2D eigenvalue weighted by atomic mass is 10.4. The Labute approximate surface area is 72.4 Å². The number of rotatable bonds is 2. The van der Waals surface area contributed by atoms with Crippen LogP contribution in [0.25, 0.3) is 0 Å². The van der Waals surface area contributed by atoms with Crippen LogP contribution in [0.1, 0.15) is 9.67 Å². The highest BCUT2D eigenvalue weighted by Gasteiger charge is 2.11. The van der Waals surface area contributed by atoms with Gasteiger partial charge in [0.05, 0.1) is 6.07 Å². The van der Waals surface area contributed by atoms with Crippen molar-refractivity contribution in [1.82, 2.24) is 5.32 Å². The number of carbonyl (C=O) groups is 1. The molecule has 1 rings (SSSR count). The maximum atomic E-state index is 12.7. The molecular weight excluding hydrogens is 179 g/mol. The van der Waals surface area contributed by atoms with Crippen molar-refractivity contribution in [3.63, 3.8) is 0 Å². The molecule has 0 fully saturated rings. The summed E-state index contributed by atoms with van der Waals surface area (Å²) < 4.78 is 12.7. The van der Waals surface area contributed by atoms with Crippen molar-refractivity contribution in [2.45, 2.75) is 0 Å². The monoisotopic (exact) mass is 184 g/mol. The second-order valence-electron chi connectivity index (χ2n) is 1.94. The average molecular weight is 184 g/mol. The Bertz CT molecular complexity index is 328. The summed E-state index contributed by atoms with van der Waals surface area (Å²) in [6.45, 7) is -0.101. The zero-order valence-electron chi connectivity index (χ0n) is 6.00. The number of halogens is 1. The van der Waals surface area contributed by atoms with Crippen molar-refractivity contribution < 1.29 is 9.18 Å². The van der Waals surface area contributed by atoms with E-state index in [1.807, 2.05) is 0 Å². The number of nitrogens with one attached hydrogen (secondary N) is 1. The largest absolute Gasteiger partial charge is 0.338 e. The second kappa shape index (κ2) is 3.83. The van der Waals surface area contributed by atoms with Gasteiger partial charge < -0.3 is 5.32 Å². The summed E-state index contributed by atoms with van der Waals surface area (Å²) >= 11 is 1.01. The van der Waals surface area contributed by atoms with Gasteiger partial charge in [-0.25, -0.2) is 4.39 Å². The van der Waals surface area contributed by atoms with Gasteiger partial charge in [0.25, 0.3) is 5.91 Å². The van der Waals surface area contributed by atoms with Crippen LogP contribution in [0.4, 0.5) is 4.39 Å². The second-order valence-corrected chi connectivity index (χ2v) is 2.85. The lowest BCUT2D eigenvalue weighted by Gasteiger charge is -1.95. The fraction of sp³-hybridized carbons (Fsp3) is 0.143. The number of thiophene rings is 1. The van der Waals surface area contributed by atoms with Gasteiger partial charge in [-0.05, 0) is 11.4 Å². The summed E-state index contributed by atoms with van der Waals surface area (Å²) in [6, 6.07) is 2.94. The van der Waals surface area contributed by atoms with E-state index in [4.69, 9.17) is 5.26 Å². The van der Waals surface area contributed by atoms with Crippen LogP contribution in [-0.4, -0.2) is 12.5 Å². The zero-order valence-corrected chi connectivity index (χ0v) is 6.82. The highest BCUT2D eigenvalue weighted by atomic mass is 32.1. The number of nitrogens with zero attached hydrogens (tertiary/aromatic N) is 1. The first-order chi connectivity index (χ1) is 5.75. The summed E-state index contributed by atoms with van der Waals surface area (Å²) in [6.07, 6.45) is 0. The van der Waals surface area contributed by atoms with Crippen LogP contribution in [-0.2, 0) is 0 Å². The van der Waals surface area contributed by atoms with Crippen LogP contribution in [0.15, 0.2) is 11.4 Å². The molecule has 0 aliphatic carbocycles. The van der Waals surface area contributed by atoms with E-state index in [2.05, 4.69) is 5.32 Å². The average Bonchev–Trinajstić information content (AvgIpc) is 2.47. The van der Waals surface area contributed by atoms with Gasteiger partial charge in [-0.1, -0.05) is 0 Å². The Balaban J connectivity index is 2.67. The molecule has 1 amide bonds. The molecule has 0 radical (unpaired) electrons. The van der Waals surface area contributed by atoms with Crippen LogP contribution >= 0.6 is 11.3 Å². The number of amides is 1. The van der Waals surface area contributed by atoms with E-state index in [9.17, 15) is 9.18 Å². The van der Waals surface area contributed by atoms with E-state index in [-0.39, 0.29) is 11.4 Å². The molecule has 0 aliphatic rings. The normalized spacial score (nSPS) is 9.00. The third-order valence-electron chi connectivity index (χ3n) is 1.15.